The first-order chi connectivity index (χ1) is 20.0. The summed E-state index contributed by atoms with van der Waals surface area (Å²) in [5.41, 5.74) is 3.48. The number of likely N-dealkylation sites (N-methyl/N-ethyl adjacent to an activating group) is 1. The number of ketones is 1. The average Bonchev–Trinajstić information content (AvgIpc) is 2.99. The molecule has 0 N–H and O–H groups in total. The number of ether oxygens (including phenoxy) is 4. The lowest BCUT2D eigenvalue weighted by Crippen LogP contribution is -2.44. The molecule has 4 rings (SSSR count). The van der Waals surface area contributed by atoms with Crippen molar-refractivity contribution in [3.63, 3.8) is 0 Å². The molecular formula is C33H43BrN2O5. The summed E-state index contributed by atoms with van der Waals surface area (Å²) in [5, 5.41) is 0.888. The smallest absolute Gasteiger partial charge is 0.185 e. The van der Waals surface area contributed by atoms with Crippen molar-refractivity contribution in [2.45, 2.75) is 32.1 Å². The lowest BCUT2D eigenvalue weighted by Gasteiger charge is -2.32. The maximum atomic E-state index is 13.4. The lowest BCUT2D eigenvalue weighted by molar-refractivity contribution is -0.112. The molecule has 0 amide bonds. The molecule has 222 valence electrons. The summed E-state index contributed by atoms with van der Waals surface area (Å²) in [6.07, 6.45) is 8.29. The zero-order valence-corrected chi connectivity index (χ0v) is 26.2. The van der Waals surface area contributed by atoms with Gasteiger partial charge >= 0.3 is 0 Å². The Kier molecular flexibility index (Phi) is 12.1. The van der Waals surface area contributed by atoms with Crippen LogP contribution in [0.3, 0.4) is 0 Å². The predicted octanol–water partition coefficient (Wildman–Crippen LogP) is 6.10. The molecule has 2 aliphatic rings. The van der Waals surface area contributed by atoms with E-state index in [2.05, 4.69) is 32.8 Å². The van der Waals surface area contributed by atoms with Crippen molar-refractivity contribution >= 4 is 33.9 Å². The van der Waals surface area contributed by atoms with E-state index in [0.717, 1.165) is 98.2 Å². The third-order valence-electron chi connectivity index (χ3n) is 7.54. The molecule has 1 aliphatic heterocycles. The first kappa shape index (κ1) is 31.1. The summed E-state index contributed by atoms with van der Waals surface area (Å²) in [6, 6.07) is 11.7. The molecule has 8 heteroatoms. The van der Waals surface area contributed by atoms with Gasteiger partial charge in [0, 0.05) is 49.2 Å². The van der Waals surface area contributed by atoms with Gasteiger partial charge in [-0.25, -0.2) is 0 Å². The van der Waals surface area contributed by atoms with E-state index < -0.39 is 0 Å². The Hall–Kier alpha value is -2.81. The van der Waals surface area contributed by atoms with E-state index in [-0.39, 0.29) is 5.78 Å². The van der Waals surface area contributed by atoms with Gasteiger partial charge in [0.15, 0.2) is 28.8 Å². The molecule has 0 aromatic heterocycles. The molecule has 0 unspecified atom stereocenters. The van der Waals surface area contributed by atoms with Crippen LogP contribution in [0.4, 0.5) is 0 Å². The molecule has 1 aliphatic carbocycles. The van der Waals surface area contributed by atoms with Gasteiger partial charge in [0.1, 0.15) is 0 Å². The first-order valence-electron chi connectivity index (χ1n) is 14.5. The molecule has 0 spiro atoms. The molecule has 2 aromatic carbocycles. The number of Topliss-reactive ketones (excluding diaryl/α,β-unsaturated/α-hetero) is 1. The van der Waals surface area contributed by atoms with Crippen LogP contribution in [0, 0.1) is 0 Å². The number of carbonyl (C=O) groups excluding carboxylic acids is 1. The van der Waals surface area contributed by atoms with Crippen LogP contribution >= 0.6 is 15.9 Å². The van der Waals surface area contributed by atoms with Crippen molar-refractivity contribution in [2.24, 2.45) is 0 Å². The standard InChI is InChI=1S/C33H43BrN2O5/c1-35-15-17-36(18-16-35)14-6-20-41-30-12-10-26(24-32(30)39-3)22-28-8-4-7-27(33(28)37)21-25-9-11-29(31(23-25)38-2)40-19-5-13-34/h9-12,21-24H,4-8,13-20H2,1-3H3/b27-21+,28-22+. The largest absolute Gasteiger partial charge is 0.493 e. The number of carbonyl (C=O) groups is 1. The molecule has 0 radical (unpaired) electrons. The van der Waals surface area contributed by atoms with E-state index in [4.69, 9.17) is 18.9 Å². The Morgan fingerprint density at radius 3 is 1.83 bits per heavy atom. The van der Waals surface area contributed by atoms with E-state index in [1.807, 2.05) is 48.6 Å². The number of benzene rings is 2. The summed E-state index contributed by atoms with van der Waals surface area (Å²) >= 11 is 3.42. The zero-order valence-electron chi connectivity index (χ0n) is 24.6. The van der Waals surface area contributed by atoms with Crippen LogP contribution in [0.2, 0.25) is 0 Å². The molecule has 2 fully saturated rings. The molecule has 2 aromatic rings. The number of piperazine rings is 1. The highest BCUT2D eigenvalue weighted by atomic mass is 79.9. The van der Waals surface area contributed by atoms with Gasteiger partial charge in [0.2, 0.25) is 0 Å². The minimum absolute atomic E-state index is 0.0936. The highest BCUT2D eigenvalue weighted by Crippen LogP contribution is 2.34. The molecule has 0 bridgehead atoms. The molecule has 1 saturated carbocycles. The number of alkyl halides is 1. The fourth-order valence-electron chi connectivity index (χ4n) is 5.15. The topological polar surface area (TPSA) is 60.5 Å². The summed E-state index contributed by atoms with van der Waals surface area (Å²) < 4.78 is 23.1. The van der Waals surface area contributed by atoms with Gasteiger partial charge in [-0.15, -0.1) is 0 Å². The van der Waals surface area contributed by atoms with Crippen LogP contribution in [-0.4, -0.2) is 88.1 Å². The van der Waals surface area contributed by atoms with Gasteiger partial charge < -0.3 is 28.7 Å². The number of hydrogen-bond acceptors (Lipinski definition) is 7. The summed E-state index contributed by atoms with van der Waals surface area (Å²) in [6.45, 7) is 6.79. The highest BCUT2D eigenvalue weighted by molar-refractivity contribution is 9.09. The maximum Gasteiger partial charge on any atom is 0.185 e. The Morgan fingerprint density at radius 2 is 1.32 bits per heavy atom. The Labute approximate surface area is 253 Å². The van der Waals surface area contributed by atoms with Gasteiger partial charge in [-0.05, 0) is 86.7 Å². The maximum absolute atomic E-state index is 13.4. The molecule has 7 nitrogen and oxygen atoms in total. The zero-order chi connectivity index (χ0) is 29.0. The van der Waals surface area contributed by atoms with Crippen LogP contribution in [0.1, 0.15) is 43.2 Å². The van der Waals surface area contributed by atoms with Crippen LogP contribution in [0.5, 0.6) is 23.0 Å². The van der Waals surface area contributed by atoms with Gasteiger partial charge in [-0.2, -0.15) is 0 Å². The average molecular weight is 628 g/mol. The van der Waals surface area contributed by atoms with E-state index >= 15 is 0 Å². The molecular weight excluding hydrogens is 584 g/mol. The van der Waals surface area contributed by atoms with E-state index in [9.17, 15) is 4.79 Å². The second-order valence-electron chi connectivity index (χ2n) is 10.6. The normalized spacial score (nSPS) is 18.6. The number of nitrogens with zero attached hydrogens (tertiary/aromatic N) is 2. The first-order valence-corrected chi connectivity index (χ1v) is 15.7. The fourth-order valence-corrected chi connectivity index (χ4v) is 5.37. The van der Waals surface area contributed by atoms with Crippen molar-refractivity contribution < 1.29 is 23.7 Å². The highest BCUT2D eigenvalue weighted by Gasteiger charge is 2.21. The third kappa shape index (κ3) is 9.09. The van der Waals surface area contributed by atoms with Gasteiger partial charge in [0.25, 0.3) is 0 Å². The number of hydrogen-bond donors (Lipinski definition) is 0. The van der Waals surface area contributed by atoms with Crippen LogP contribution in [-0.2, 0) is 4.79 Å². The van der Waals surface area contributed by atoms with Crippen molar-refractivity contribution in [1.29, 1.82) is 0 Å². The quantitative estimate of drug-likeness (QED) is 0.151. The van der Waals surface area contributed by atoms with E-state index in [1.165, 1.54) is 0 Å². The van der Waals surface area contributed by atoms with Crippen LogP contribution in [0.15, 0.2) is 47.5 Å². The number of allylic oxidation sites excluding steroid dienone is 2. The fraction of sp³-hybridized carbons (Fsp3) is 0.485. The van der Waals surface area contributed by atoms with Crippen LogP contribution < -0.4 is 18.9 Å². The molecule has 1 saturated heterocycles. The Bertz CT molecular complexity index is 1220. The van der Waals surface area contributed by atoms with Gasteiger partial charge in [-0.3, -0.25) is 4.79 Å². The number of methoxy groups -OCH3 is 2. The van der Waals surface area contributed by atoms with Crippen molar-refractivity contribution in [1.82, 2.24) is 9.80 Å². The molecule has 41 heavy (non-hydrogen) atoms. The number of halogens is 1. The Balaban J connectivity index is 1.38. The van der Waals surface area contributed by atoms with E-state index in [1.54, 1.807) is 14.2 Å². The molecule has 0 atom stereocenters. The molecule has 1 heterocycles. The second-order valence-corrected chi connectivity index (χ2v) is 11.4. The lowest BCUT2D eigenvalue weighted by atomic mass is 9.87. The van der Waals surface area contributed by atoms with Crippen LogP contribution in [0.25, 0.3) is 12.2 Å². The summed E-state index contributed by atoms with van der Waals surface area (Å²) in [7, 11) is 5.46. The minimum Gasteiger partial charge on any atom is -0.493 e. The van der Waals surface area contributed by atoms with Crippen molar-refractivity contribution in [3.05, 3.63) is 58.7 Å². The third-order valence-corrected chi connectivity index (χ3v) is 8.10. The minimum atomic E-state index is 0.0936. The SMILES string of the molecule is COc1cc(/C=C2\CCC/C(=C\c3ccc(OCCCN4CCN(C)CC4)c(OC)c3)C2=O)ccc1OCCCBr. The summed E-state index contributed by atoms with van der Waals surface area (Å²) in [4.78, 5) is 18.3. The second kappa shape index (κ2) is 16.0. The van der Waals surface area contributed by atoms with Gasteiger partial charge in [0.05, 0.1) is 27.4 Å². The monoisotopic (exact) mass is 626 g/mol. The van der Waals surface area contributed by atoms with Gasteiger partial charge in [-0.1, -0.05) is 28.1 Å². The Morgan fingerprint density at radius 1 is 0.780 bits per heavy atom. The van der Waals surface area contributed by atoms with Crippen molar-refractivity contribution in [2.75, 3.05) is 72.5 Å². The summed E-state index contributed by atoms with van der Waals surface area (Å²) in [5.74, 6) is 2.89. The number of rotatable bonds is 13. The predicted molar refractivity (Wildman–Crippen MR) is 169 cm³/mol. The van der Waals surface area contributed by atoms with E-state index in [0.29, 0.717) is 30.5 Å². The van der Waals surface area contributed by atoms with Crippen molar-refractivity contribution in [3.8, 4) is 23.0 Å².